The maximum Gasteiger partial charge on any atom is 0.0567 e. The summed E-state index contributed by atoms with van der Waals surface area (Å²) in [6.45, 7) is 7.57. The van der Waals surface area contributed by atoms with Crippen LogP contribution in [0.1, 0.15) is 55.5 Å². The lowest BCUT2D eigenvalue weighted by atomic mass is 10.0. The Morgan fingerprint density at radius 1 is 1.04 bits per heavy atom. The van der Waals surface area contributed by atoms with E-state index in [-0.39, 0.29) is 0 Å². The maximum absolute atomic E-state index is 4.62. The predicted octanol–water partition coefficient (Wildman–Crippen LogP) is 5.21. The van der Waals surface area contributed by atoms with Crippen molar-refractivity contribution in [1.82, 2.24) is 4.98 Å². The van der Waals surface area contributed by atoms with E-state index in [4.69, 9.17) is 0 Å². The Morgan fingerprint density at radius 2 is 1.78 bits per heavy atom. The zero-order valence-electron chi connectivity index (χ0n) is 14.4. The summed E-state index contributed by atoms with van der Waals surface area (Å²) in [5.74, 6) is 0.480. The summed E-state index contributed by atoms with van der Waals surface area (Å²) in [5, 5.41) is 3.62. The van der Waals surface area contributed by atoms with Gasteiger partial charge in [0.25, 0.3) is 0 Å². The van der Waals surface area contributed by atoms with Gasteiger partial charge < -0.3 is 5.32 Å². The maximum atomic E-state index is 4.62. The molecule has 1 heterocycles. The lowest BCUT2D eigenvalue weighted by Gasteiger charge is -2.13. The molecular formula is C21H26N2. The fraction of sp³-hybridized carbons (Fsp3) is 0.381. The summed E-state index contributed by atoms with van der Waals surface area (Å²) in [7, 11) is 0. The number of anilines is 1. The molecule has 1 atom stereocenters. The first-order valence-corrected chi connectivity index (χ1v) is 8.72. The number of aryl methyl sites for hydroxylation is 1. The van der Waals surface area contributed by atoms with E-state index in [1.165, 1.54) is 33.6 Å². The van der Waals surface area contributed by atoms with E-state index in [0.29, 0.717) is 5.92 Å². The van der Waals surface area contributed by atoms with Gasteiger partial charge in [0.2, 0.25) is 0 Å². The van der Waals surface area contributed by atoms with Gasteiger partial charge in [-0.05, 0) is 49.0 Å². The smallest absolute Gasteiger partial charge is 0.0567 e. The highest BCUT2D eigenvalue weighted by molar-refractivity contribution is 5.81. The first-order valence-electron chi connectivity index (χ1n) is 8.72. The molecule has 0 aliphatic heterocycles. The van der Waals surface area contributed by atoms with Crippen LogP contribution in [0.2, 0.25) is 0 Å². The van der Waals surface area contributed by atoms with Gasteiger partial charge in [0, 0.05) is 29.9 Å². The minimum atomic E-state index is 0.480. The van der Waals surface area contributed by atoms with Gasteiger partial charge >= 0.3 is 0 Å². The van der Waals surface area contributed by atoms with Crippen molar-refractivity contribution in [2.45, 2.75) is 46.0 Å². The molecule has 2 aromatic rings. The third-order valence-corrected chi connectivity index (χ3v) is 4.78. The van der Waals surface area contributed by atoms with Gasteiger partial charge in [-0.15, -0.1) is 0 Å². The van der Waals surface area contributed by atoms with Crippen LogP contribution in [0.15, 0.2) is 42.6 Å². The summed E-state index contributed by atoms with van der Waals surface area (Å²) in [6.07, 6.45) is 7.55. The lowest BCUT2D eigenvalue weighted by Crippen LogP contribution is -2.08. The number of rotatable bonds is 6. The Bertz CT molecular complexity index is 698. The van der Waals surface area contributed by atoms with Crippen molar-refractivity contribution < 1.29 is 0 Å². The number of hydrogen-bond acceptors (Lipinski definition) is 2. The molecule has 1 aliphatic rings. The zero-order valence-corrected chi connectivity index (χ0v) is 14.4. The second-order valence-electron chi connectivity index (χ2n) is 6.33. The predicted molar refractivity (Wildman–Crippen MR) is 98.9 cm³/mol. The minimum absolute atomic E-state index is 0.480. The van der Waals surface area contributed by atoms with E-state index >= 15 is 0 Å². The fourth-order valence-corrected chi connectivity index (χ4v) is 3.38. The summed E-state index contributed by atoms with van der Waals surface area (Å²) in [4.78, 5) is 4.62. The minimum Gasteiger partial charge on any atom is -0.384 e. The number of allylic oxidation sites excluding steroid dienone is 2. The Hall–Kier alpha value is -2.09. The average molecular weight is 306 g/mol. The van der Waals surface area contributed by atoms with Crippen molar-refractivity contribution in [2.24, 2.45) is 0 Å². The molecule has 2 heteroatoms. The second kappa shape index (κ2) is 6.99. The molecule has 0 saturated heterocycles. The van der Waals surface area contributed by atoms with Crippen molar-refractivity contribution in [1.29, 1.82) is 0 Å². The van der Waals surface area contributed by atoms with E-state index in [0.717, 1.165) is 25.8 Å². The molecule has 0 saturated carbocycles. The summed E-state index contributed by atoms with van der Waals surface area (Å²) in [5.41, 5.74) is 7.93. The van der Waals surface area contributed by atoms with Gasteiger partial charge in [-0.2, -0.15) is 0 Å². The second-order valence-corrected chi connectivity index (χ2v) is 6.33. The van der Waals surface area contributed by atoms with Gasteiger partial charge in [0.15, 0.2) is 0 Å². The quantitative estimate of drug-likeness (QED) is 0.792. The third kappa shape index (κ3) is 3.31. The number of nitrogens with one attached hydrogen (secondary N) is 1. The van der Waals surface area contributed by atoms with Crippen LogP contribution in [-0.4, -0.2) is 11.5 Å². The van der Waals surface area contributed by atoms with E-state index in [1.54, 1.807) is 0 Å². The molecule has 2 nitrogen and oxygen atoms in total. The van der Waals surface area contributed by atoms with E-state index in [2.05, 4.69) is 67.5 Å². The largest absolute Gasteiger partial charge is 0.384 e. The Morgan fingerprint density at radius 3 is 2.48 bits per heavy atom. The van der Waals surface area contributed by atoms with Gasteiger partial charge in [-0.1, -0.05) is 44.2 Å². The molecule has 1 aliphatic carbocycles. The van der Waals surface area contributed by atoms with Gasteiger partial charge in [0.1, 0.15) is 0 Å². The first-order chi connectivity index (χ1) is 11.2. The lowest BCUT2D eigenvalue weighted by molar-refractivity contribution is 0.788. The standard InChI is InChI=1S/C21H26N2/c1-4-16-6-8-17(9-7-16)10-12-22-19-11-13-23-21-18(5-2)14-15(3)20(19)21/h6-9,11,13-14,18H,4-5,10,12H2,1-3H3,(H,22,23). The van der Waals surface area contributed by atoms with Crippen molar-refractivity contribution in [3.05, 3.63) is 65.0 Å². The van der Waals surface area contributed by atoms with Crippen LogP contribution in [0, 0.1) is 0 Å². The first kappa shape index (κ1) is 15.8. The highest BCUT2D eigenvalue weighted by atomic mass is 14.9. The molecule has 0 bridgehead atoms. The van der Waals surface area contributed by atoms with Crippen molar-refractivity contribution in [3.63, 3.8) is 0 Å². The van der Waals surface area contributed by atoms with Gasteiger partial charge in [-0.3, -0.25) is 4.98 Å². The van der Waals surface area contributed by atoms with E-state index < -0.39 is 0 Å². The molecule has 0 fully saturated rings. The molecule has 1 aromatic carbocycles. The highest BCUT2D eigenvalue weighted by Crippen LogP contribution is 2.39. The monoisotopic (exact) mass is 306 g/mol. The average Bonchev–Trinajstić information content (AvgIpc) is 2.92. The van der Waals surface area contributed by atoms with E-state index in [1.807, 2.05) is 6.20 Å². The topological polar surface area (TPSA) is 24.9 Å². The molecule has 1 aromatic heterocycles. The van der Waals surface area contributed by atoms with Gasteiger partial charge in [-0.25, -0.2) is 0 Å². The van der Waals surface area contributed by atoms with Gasteiger partial charge in [0.05, 0.1) is 5.69 Å². The van der Waals surface area contributed by atoms with Crippen molar-refractivity contribution >= 4 is 11.3 Å². The van der Waals surface area contributed by atoms with Crippen LogP contribution in [0.4, 0.5) is 5.69 Å². The summed E-state index contributed by atoms with van der Waals surface area (Å²) < 4.78 is 0. The number of benzene rings is 1. The van der Waals surface area contributed by atoms with Crippen LogP contribution in [0.3, 0.4) is 0 Å². The Labute approximate surface area is 139 Å². The molecule has 23 heavy (non-hydrogen) atoms. The molecule has 120 valence electrons. The SMILES string of the molecule is CCc1ccc(CCNc2ccnc3c2C(C)=CC3CC)cc1. The number of aromatic nitrogens is 1. The number of nitrogens with zero attached hydrogens (tertiary/aromatic N) is 1. The zero-order chi connectivity index (χ0) is 16.2. The number of hydrogen-bond donors (Lipinski definition) is 1. The molecule has 0 spiro atoms. The Kier molecular flexibility index (Phi) is 4.80. The summed E-state index contributed by atoms with van der Waals surface area (Å²) in [6, 6.07) is 11.1. The van der Waals surface area contributed by atoms with Crippen LogP contribution >= 0.6 is 0 Å². The highest BCUT2D eigenvalue weighted by Gasteiger charge is 2.23. The number of fused-ring (bicyclic) bond motifs is 1. The molecule has 1 unspecified atom stereocenters. The Balaban J connectivity index is 1.67. The molecule has 1 N–H and O–H groups in total. The van der Waals surface area contributed by atoms with Crippen molar-refractivity contribution in [3.8, 4) is 0 Å². The third-order valence-electron chi connectivity index (χ3n) is 4.78. The van der Waals surface area contributed by atoms with Crippen LogP contribution in [0.5, 0.6) is 0 Å². The summed E-state index contributed by atoms with van der Waals surface area (Å²) >= 11 is 0. The molecule has 0 radical (unpaired) electrons. The molecular weight excluding hydrogens is 280 g/mol. The fourth-order valence-electron chi connectivity index (χ4n) is 3.38. The normalized spacial score (nSPS) is 16.1. The molecule has 3 rings (SSSR count). The van der Waals surface area contributed by atoms with Crippen LogP contribution < -0.4 is 5.32 Å². The number of pyridine rings is 1. The van der Waals surface area contributed by atoms with Crippen LogP contribution in [0.25, 0.3) is 5.57 Å². The van der Waals surface area contributed by atoms with E-state index in [9.17, 15) is 0 Å². The van der Waals surface area contributed by atoms with Crippen molar-refractivity contribution in [2.75, 3.05) is 11.9 Å². The molecule has 0 amide bonds. The van der Waals surface area contributed by atoms with Crippen LogP contribution in [-0.2, 0) is 12.8 Å².